The van der Waals surface area contributed by atoms with Gasteiger partial charge in [-0.1, -0.05) is 98.5 Å². The number of para-hydroxylation sites is 6. The van der Waals surface area contributed by atoms with E-state index >= 15 is 0 Å². The molecule has 6 atom stereocenters. The van der Waals surface area contributed by atoms with Crippen molar-refractivity contribution in [2.45, 2.75) is 237 Å². The summed E-state index contributed by atoms with van der Waals surface area (Å²) in [7, 11) is 59.2. The van der Waals surface area contributed by atoms with E-state index in [2.05, 4.69) is 9.98 Å². The molecule has 642 valence electrons. The predicted octanol–water partition coefficient (Wildman–Crippen LogP) is 28.0. The molecule has 16 saturated carbocycles. The minimum atomic E-state index is -0.826. The standard InChI is InChI=1S/5C15H19NO.C14H17NO.12ClH.6Zr/c1-10-4-2-7-13(15(10)17)9-16-14-11-5-3-6-12(14)8-11;1-11-4-2-6-13(14(11)17)10-16-15-7-3-5-12(8-15)9-15;1-10-3-2-4-13(15(10)17)9-16-14-7-11-5-12(6-11)8-14;1-10-3-2-4-13(15(10)17)9-16-14-8-11-5-6-12(14)7-11;1-10-3-2-4-12(15(10)17)9-16-14-6-5-11-7-13(14)8-11;1-10-3-2-4-12(13(10)16)9-15-14-6-5-11(7-14)8-14;;;;;;;;;;;;;;;;;;/h2,4,7,9,11-12,14,17H,3,5-6,8H2,1H3;2,4,6,10,12,17H,3,5,7-9H2,1H3;2*2-4,9,11-12,14,17H,5-8H2,1H3;2-4,9,11,13-14,17H,5-8H2,1H3;2-4,9,11,16H,5-8H2,1H3;12*1H;;;;;;/q;;;;;;;;;;;;;;;;;;6*+2/p-12. The molecule has 22 rings (SSSR count). The van der Waals surface area contributed by atoms with Crippen molar-refractivity contribution >= 4 is 139 Å². The van der Waals surface area contributed by atoms with Gasteiger partial charge in [0.1, 0.15) is 34.5 Å². The van der Waals surface area contributed by atoms with Gasteiger partial charge in [0.2, 0.25) is 0 Å². The average molecular weight is 2330 g/mol. The van der Waals surface area contributed by atoms with Crippen LogP contribution in [0.1, 0.15) is 227 Å². The van der Waals surface area contributed by atoms with Crippen molar-refractivity contribution < 1.29 is 156 Å². The third kappa shape index (κ3) is 34.2. The number of nitrogens with zero attached hydrogens (tertiary/aromatic N) is 6. The molecule has 0 amide bonds. The molecule has 0 radical (unpaired) electrons. The molecule has 30 heteroatoms. The van der Waals surface area contributed by atoms with Crippen molar-refractivity contribution in [1.82, 2.24) is 0 Å². The fourth-order valence-electron chi connectivity index (χ4n) is 19.3. The summed E-state index contributed by atoms with van der Waals surface area (Å²) in [6.07, 6.45) is 44.3. The molecule has 6 unspecified atom stereocenters. The van der Waals surface area contributed by atoms with Crippen LogP contribution in [0.4, 0.5) is 0 Å². The predicted molar refractivity (Wildman–Crippen MR) is 484 cm³/mol. The van der Waals surface area contributed by atoms with Gasteiger partial charge in [-0.15, -0.1) is 0 Å². The summed E-state index contributed by atoms with van der Waals surface area (Å²) in [6.45, 7) is 11.5. The number of aromatic hydroxyl groups is 6. The summed E-state index contributed by atoms with van der Waals surface area (Å²) in [5, 5.41) is 59.4. The van der Waals surface area contributed by atoms with Crippen molar-refractivity contribution in [2.75, 3.05) is 0 Å². The first kappa shape index (κ1) is 107. The third-order valence-corrected chi connectivity index (χ3v) is 25.8. The zero-order valence-electron chi connectivity index (χ0n) is 68.5. The maximum atomic E-state index is 9.93. The first-order valence-corrected chi connectivity index (χ1v) is 79.0. The molecule has 16 aliphatic carbocycles. The van der Waals surface area contributed by atoms with E-state index in [1.54, 1.807) is 0 Å². The number of phenolic OH excluding ortho intramolecular Hbond substituents is 6. The van der Waals surface area contributed by atoms with Crippen LogP contribution < -0.4 is 0 Å². The van der Waals surface area contributed by atoms with Crippen molar-refractivity contribution in [3.8, 4) is 34.5 Å². The van der Waals surface area contributed by atoms with E-state index in [9.17, 15) is 30.6 Å². The van der Waals surface area contributed by atoms with Crippen molar-refractivity contribution in [1.29, 1.82) is 0 Å². The number of hydrogen-bond acceptors (Lipinski definition) is 12. The minimum absolute atomic E-state index is 0.221. The molecule has 0 aliphatic heterocycles. The molecule has 12 bridgehead atoms. The first-order chi connectivity index (χ1) is 57.3. The van der Waals surface area contributed by atoms with E-state index in [0.29, 0.717) is 58.7 Å². The van der Waals surface area contributed by atoms with Crippen molar-refractivity contribution in [3.05, 3.63) is 176 Å². The van der Waals surface area contributed by atoms with Gasteiger partial charge in [0.25, 0.3) is 0 Å². The van der Waals surface area contributed by atoms with Crippen LogP contribution in [0.25, 0.3) is 0 Å². The Balaban J connectivity index is 0.000000189. The van der Waals surface area contributed by atoms with Crippen LogP contribution in [0.15, 0.2) is 139 Å². The number of hydrogen-bond donors (Lipinski definition) is 6. The Kier molecular flexibility index (Phi) is 51.5. The normalized spacial score (nSPS) is 27.5. The summed E-state index contributed by atoms with van der Waals surface area (Å²) < 4.78 is 0. The molecule has 12 nitrogen and oxygen atoms in total. The van der Waals surface area contributed by atoms with Crippen LogP contribution in [0.5, 0.6) is 34.5 Å². The number of halogens is 12. The number of aliphatic imine (C=N–C) groups is 6. The van der Waals surface area contributed by atoms with Crippen LogP contribution in [0, 0.1) is 101 Å². The zero-order valence-corrected chi connectivity index (χ0v) is 92.3. The summed E-state index contributed by atoms with van der Waals surface area (Å²) in [5.41, 5.74) is 11.1. The fraction of sp³-hybridized carbons (Fsp3) is 0.528. The van der Waals surface area contributed by atoms with Gasteiger partial charge in [-0.2, -0.15) is 0 Å². The Labute approximate surface area is 820 Å². The molecule has 0 spiro atoms. The van der Waals surface area contributed by atoms with Gasteiger partial charge >= 0.3 is 227 Å². The van der Waals surface area contributed by atoms with Crippen molar-refractivity contribution in [3.63, 3.8) is 0 Å². The molecule has 0 aromatic heterocycles. The van der Waals surface area contributed by atoms with Gasteiger partial charge in [0.15, 0.2) is 0 Å². The van der Waals surface area contributed by atoms with Crippen LogP contribution in [0.2, 0.25) is 0 Å². The molecule has 16 aliphatic rings. The quantitative estimate of drug-likeness (QED) is 0.0660. The molecule has 6 N–H and O–H groups in total. The van der Waals surface area contributed by atoms with Gasteiger partial charge in [-0.05, 0) is 305 Å². The van der Waals surface area contributed by atoms with Gasteiger partial charge in [0.05, 0.1) is 35.2 Å². The van der Waals surface area contributed by atoms with Gasteiger partial charge in [-0.25, -0.2) is 0 Å². The molecule has 0 heterocycles. The summed E-state index contributed by atoms with van der Waals surface area (Å²) >= 11 is -4.95. The molecule has 6 aromatic rings. The Morgan fingerprint density at radius 3 is 0.941 bits per heavy atom. The monoisotopic (exact) mass is 2320 g/mol. The summed E-state index contributed by atoms with van der Waals surface area (Å²) in [4.78, 5) is 28.2. The van der Waals surface area contributed by atoms with E-state index in [4.69, 9.17) is 122 Å². The second kappa shape index (κ2) is 57.3. The van der Waals surface area contributed by atoms with Gasteiger partial charge in [-0.3, -0.25) is 30.0 Å². The molecule has 0 saturated heterocycles. The van der Waals surface area contributed by atoms with Crippen LogP contribution >= 0.6 is 102 Å². The van der Waals surface area contributed by atoms with E-state index in [1.807, 2.05) is 188 Å². The topological polar surface area (TPSA) is 196 Å². The number of fused-ring (bicyclic) bond motifs is 11. The molecular formula is C89H112Cl12N6O6Zr6. The SMILES string of the molecule is Cc1cccc(C=NC23CCC(C2)C3)c1O.Cc1cccc(C=NC23CCCC(C2)C3)c1O.Cc1cccc(C=NC2C3CCCC2C3)c1O.Cc1cccc(C=NC2CC3CC(C3)C2)c1O.Cc1cccc(C=NC2CC3CCC2C3)c1O.Cc1cccc(C=NC2CCC3CC2C3)c1O.[Cl][Zr][Cl].[Cl][Zr][Cl].[Cl][Zr][Cl].[Cl][Zr][Cl].[Cl][Zr][Cl].[Cl][Zr][Cl]. The van der Waals surface area contributed by atoms with Crippen LogP contribution in [-0.2, 0) is 125 Å². The molecule has 119 heavy (non-hydrogen) atoms. The summed E-state index contributed by atoms with van der Waals surface area (Å²) in [5.74, 6) is 11.1. The number of benzene rings is 6. The number of rotatable bonds is 12. The number of aryl methyl sites for hydroxylation is 6. The first-order valence-electron chi connectivity index (χ1n) is 41.0. The molecule has 6 aromatic carbocycles. The zero-order chi connectivity index (χ0) is 86.6. The van der Waals surface area contributed by atoms with Crippen LogP contribution in [0.3, 0.4) is 0 Å². The second-order valence-corrected chi connectivity index (χ2v) is 55.9. The Morgan fingerprint density at radius 1 is 0.286 bits per heavy atom. The van der Waals surface area contributed by atoms with Gasteiger partial charge < -0.3 is 30.6 Å². The van der Waals surface area contributed by atoms with Crippen LogP contribution in [-0.4, -0.2) is 103 Å². The molecular weight excluding hydrogens is 2220 g/mol. The third-order valence-electron chi connectivity index (χ3n) is 25.8. The van der Waals surface area contributed by atoms with E-state index in [0.717, 1.165) is 126 Å². The summed E-state index contributed by atoms with van der Waals surface area (Å²) in [6, 6.07) is 36.9. The van der Waals surface area contributed by atoms with E-state index < -0.39 is 125 Å². The maximum absolute atomic E-state index is 9.93. The fourth-order valence-corrected chi connectivity index (χ4v) is 19.3. The Hall–Kier alpha value is 0.919. The van der Waals surface area contributed by atoms with Gasteiger partial charge in [0, 0.05) is 70.7 Å². The Bertz CT molecular complexity index is 4020. The van der Waals surface area contributed by atoms with E-state index in [-0.39, 0.29) is 11.1 Å². The number of phenols is 6. The van der Waals surface area contributed by atoms with E-state index in [1.165, 1.54) is 161 Å². The van der Waals surface area contributed by atoms with Crippen molar-refractivity contribution in [2.24, 2.45) is 89.1 Å². The average Bonchev–Trinajstić information content (AvgIpc) is 1.57. The Morgan fingerprint density at radius 2 is 0.613 bits per heavy atom. The molecule has 16 fully saturated rings. The second-order valence-electron chi connectivity index (χ2n) is 33.6.